The Morgan fingerprint density at radius 3 is 2.88 bits per heavy atom. The maximum Gasteiger partial charge on any atom is 0.262 e. The van der Waals surface area contributed by atoms with Crippen LogP contribution in [-0.4, -0.2) is 27.4 Å². The second-order valence-electron chi connectivity index (χ2n) is 5.95. The minimum Gasteiger partial charge on any atom is -0.491 e. The molecule has 5 nitrogen and oxygen atoms in total. The van der Waals surface area contributed by atoms with Crippen molar-refractivity contribution in [3.8, 4) is 5.75 Å². The Balaban J connectivity index is 1.68. The summed E-state index contributed by atoms with van der Waals surface area (Å²) < 4.78 is 7.10. The van der Waals surface area contributed by atoms with Gasteiger partial charge in [-0.15, -0.1) is 11.3 Å². The topological polar surface area (TPSA) is 64.3 Å². The van der Waals surface area contributed by atoms with Gasteiger partial charge < -0.3 is 9.84 Å². The van der Waals surface area contributed by atoms with Crippen LogP contribution in [0.3, 0.4) is 0 Å². The molecule has 3 aromatic rings. The van der Waals surface area contributed by atoms with Gasteiger partial charge in [0.2, 0.25) is 0 Å². The molecule has 0 saturated heterocycles. The summed E-state index contributed by atoms with van der Waals surface area (Å²) in [6.45, 7) is 4.42. The predicted octanol–water partition coefficient (Wildman–Crippen LogP) is 3.02. The Kier molecular flexibility index (Phi) is 5.50. The fraction of sp³-hybridized carbons (Fsp3) is 0.368. The highest BCUT2D eigenvalue weighted by Crippen LogP contribution is 2.21. The molecule has 0 aliphatic carbocycles. The molecule has 1 atom stereocenters. The van der Waals surface area contributed by atoms with Crippen molar-refractivity contribution in [2.45, 2.75) is 39.3 Å². The molecule has 0 spiro atoms. The number of benzene rings is 1. The number of fused-ring (bicyclic) bond motifs is 1. The molecule has 0 saturated carbocycles. The number of hydrogen-bond acceptors (Lipinski definition) is 5. The van der Waals surface area contributed by atoms with Crippen LogP contribution >= 0.6 is 11.3 Å². The SMILES string of the molecule is CCc1cccc(OCC(O)Cn2cnc3sc(CC)cc3c2=O)c1. The van der Waals surface area contributed by atoms with E-state index in [0.29, 0.717) is 5.39 Å². The van der Waals surface area contributed by atoms with Crippen molar-refractivity contribution >= 4 is 21.6 Å². The van der Waals surface area contributed by atoms with Crippen LogP contribution in [0.15, 0.2) is 41.5 Å². The summed E-state index contributed by atoms with van der Waals surface area (Å²) in [6, 6.07) is 9.69. The zero-order valence-corrected chi connectivity index (χ0v) is 15.3. The predicted molar refractivity (Wildman–Crippen MR) is 101 cm³/mol. The summed E-state index contributed by atoms with van der Waals surface area (Å²) in [6.07, 6.45) is 2.53. The largest absolute Gasteiger partial charge is 0.491 e. The van der Waals surface area contributed by atoms with E-state index in [-0.39, 0.29) is 18.7 Å². The van der Waals surface area contributed by atoms with Crippen molar-refractivity contribution in [2.24, 2.45) is 0 Å². The molecule has 0 aliphatic heterocycles. The summed E-state index contributed by atoms with van der Waals surface area (Å²) in [4.78, 5) is 18.7. The van der Waals surface area contributed by atoms with Gasteiger partial charge >= 0.3 is 0 Å². The van der Waals surface area contributed by atoms with Gasteiger partial charge in [0, 0.05) is 4.88 Å². The number of nitrogens with zero attached hydrogens (tertiary/aromatic N) is 2. The first-order chi connectivity index (χ1) is 12.1. The molecule has 1 unspecified atom stereocenters. The van der Waals surface area contributed by atoms with E-state index in [9.17, 15) is 9.90 Å². The minimum absolute atomic E-state index is 0.118. The molecule has 2 heterocycles. The first-order valence-corrected chi connectivity index (χ1v) is 9.30. The molecule has 6 heteroatoms. The van der Waals surface area contributed by atoms with E-state index >= 15 is 0 Å². The summed E-state index contributed by atoms with van der Waals surface area (Å²) >= 11 is 1.54. The zero-order chi connectivity index (χ0) is 17.8. The molecule has 0 fully saturated rings. The molecule has 0 aliphatic rings. The van der Waals surface area contributed by atoms with Crippen molar-refractivity contribution < 1.29 is 9.84 Å². The van der Waals surface area contributed by atoms with Gasteiger partial charge in [0.1, 0.15) is 23.3 Å². The second kappa shape index (κ2) is 7.80. The van der Waals surface area contributed by atoms with Gasteiger partial charge in [-0.25, -0.2) is 4.98 Å². The quantitative estimate of drug-likeness (QED) is 0.705. The van der Waals surface area contributed by atoms with E-state index < -0.39 is 6.10 Å². The third-order valence-electron chi connectivity index (χ3n) is 4.07. The maximum absolute atomic E-state index is 12.5. The van der Waals surface area contributed by atoms with Crippen molar-refractivity contribution in [3.05, 3.63) is 57.5 Å². The molecule has 25 heavy (non-hydrogen) atoms. The molecular formula is C19H22N2O3S. The number of aryl methyl sites for hydroxylation is 2. The molecule has 0 amide bonds. The number of aliphatic hydroxyl groups is 1. The standard InChI is InChI=1S/C19H22N2O3S/c1-3-13-6-5-7-15(8-13)24-11-14(22)10-21-12-20-18-17(19(21)23)9-16(4-2)25-18/h5-9,12,14,22H,3-4,10-11H2,1-2H3. The molecular weight excluding hydrogens is 336 g/mol. The second-order valence-corrected chi connectivity index (χ2v) is 7.07. The third-order valence-corrected chi connectivity index (χ3v) is 5.26. The molecule has 2 aromatic heterocycles. The minimum atomic E-state index is -0.786. The van der Waals surface area contributed by atoms with Crippen LogP contribution in [0.5, 0.6) is 5.75 Å². The van der Waals surface area contributed by atoms with Crippen molar-refractivity contribution in [2.75, 3.05) is 6.61 Å². The molecule has 1 aromatic carbocycles. The number of aliphatic hydroxyl groups excluding tert-OH is 1. The Hall–Kier alpha value is -2.18. The molecule has 0 radical (unpaired) electrons. The van der Waals surface area contributed by atoms with E-state index in [1.807, 2.05) is 30.3 Å². The van der Waals surface area contributed by atoms with Crippen LogP contribution in [0, 0.1) is 0 Å². The van der Waals surface area contributed by atoms with Gasteiger partial charge in [0.15, 0.2) is 0 Å². The third kappa shape index (κ3) is 4.08. The lowest BCUT2D eigenvalue weighted by atomic mass is 10.2. The monoisotopic (exact) mass is 358 g/mol. The van der Waals surface area contributed by atoms with Gasteiger partial charge in [-0.2, -0.15) is 0 Å². The molecule has 3 rings (SSSR count). The number of thiophene rings is 1. The summed E-state index contributed by atoms with van der Waals surface area (Å²) in [5.74, 6) is 0.727. The lowest BCUT2D eigenvalue weighted by molar-refractivity contribution is 0.0914. The number of hydrogen-bond donors (Lipinski definition) is 1. The number of ether oxygens (including phenoxy) is 1. The van der Waals surface area contributed by atoms with Gasteiger partial charge in [0.25, 0.3) is 5.56 Å². The summed E-state index contributed by atoms with van der Waals surface area (Å²) in [7, 11) is 0. The van der Waals surface area contributed by atoms with Crippen LogP contribution in [0.4, 0.5) is 0 Å². The summed E-state index contributed by atoms with van der Waals surface area (Å²) in [5.41, 5.74) is 1.06. The van der Waals surface area contributed by atoms with Gasteiger partial charge in [0.05, 0.1) is 18.3 Å². The average Bonchev–Trinajstić information content (AvgIpc) is 3.07. The van der Waals surface area contributed by atoms with Crippen LogP contribution in [0.1, 0.15) is 24.3 Å². The van der Waals surface area contributed by atoms with Gasteiger partial charge in [-0.1, -0.05) is 26.0 Å². The van der Waals surface area contributed by atoms with Crippen LogP contribution in [0.25, 0.3) is 10.2 Å². The fourth-order valence-electron chi connectivity index (χ4n) is 2.64. The Labute approximate surface area is 150 Å². The normalized spacial score (nSPS) is 12.4. The average molecular weight is 358 g/mol. The van der Waals surface area contributed by atoms with Crippen LogP contribution in [0.2, 0.25) is 0 Å². The van der Waals surface area contributed by atoms with Crippen molar-refractivity contribution in [1.29, 1.82) is 0 Å². The highest BCUT2D eigenvalue weighted by Gasteiger charge is 2.12. The molecule has 1 N–H and O–H groups in total. The van der Waals surface area contributed by atoms with Crippen molar-refractivity contribution in [1.82, 2.24) is 9.55 Å². The highest BCUT2D eigenvalue weighted by atomic mass is 32.1. The lowest BCUT2D eigenvalue weighted by Crippen LogP contribution is -2.30. The van der Waals surface area contributed by atoms with E-state index in [1.54, 1.807) is 0 Å². The Bertz CT molecular complexity index is 916. The Morgan fingerprint density at radius 1 is 1.28 bits per heavy atom. The summed E-state index contributed by atoms with van der Waals surface area (Å²) in [5, 5.41) is 10.8. The van der Waals surface area contributed by atoms with Crippen LogP contribution in [-0.2, 0) is 19.4 Å². The maximum atomic E-state index is 12.5. The first kappa shape index (κ1) is 17.6. The van der Waals surface area contributed by atoms with E-state index in [0.717, 1.165) is 28.3 Å². The lowest BCUT2D eigenvalue weighted by Gasteiger charge is -2.14. The highest BCUT2D eigenvalue weighted by molar-refractivity contribution is 7.18. The molecule has 0 bridgehead atoms. The Morgan fingerprint density at radius 2 is 2.12 bits per heavy atom. The first-order valence-electron chi connectivity index (χ1n) is 8.48. The smallest absolute Gasteiger partial charge is 0.262 e. The van der Waals surface area contributed by atoms with Gasteiger partial charge in [-0.05, 0) is 36.6 Å². The van der Waals surface area contributed by atoms with E-state index in [1.165, 1.54) is 27.8 Å². The van der Waals surface area contributed by atoms with Gasteiger partial charge in [-0.3, -0.25) is 9.36 Å². The zero-order valence-electron chi connectivity index (χ0n) is 14.4. The molecule has 132 valence electrons. The van der Waals surface area contributed by atoms with E-state index in [4.69, 9.17) is 4.74 Å². The van der Waals surface area contributed by atoms with E-state index in [2.05, 4.69) is 18.8 Å². The van der Waals surface area contributed by atoms with Crippen LogP contribution < -0.4 is 10.3 Å². The number of aromatic nitrogens is 2. The number of rotatable bonds is 7. The van der Waals surface area contributed by atoms with Crippen molar-refractivity contribution in [3.63, 3.8) is 0 Å². The fourth-order valence-corrected chi connectivity index (χ4v) is 3.57.